The Morgan fingerprint density at radius 1 is 1.38 bits per heavy atom. The van der Waals surface area contributed by atoms with E-state index in [2.05, 4.69) is 16.5 Å². The second-order valence-corrected chi connectivity index (χ2v) is 7.58. The van der Waals surface area contributed by atoms with Gasteiger partial charge in [0, 0.05) is 11.6 Å². The van der Waals surface area contributed by atoms with Gasteiger partial charge < -0.3 is 10.6 Å². The summed E-state index contributed by atoms with van der Waals surface area (Å²) in [6.45, 7) is 5.71. The maximum atomic E-state index is 12.3. The summed E-state index contributed by atoms with van der Waals surface area (Å²) in [5.74, 6) is 0.378. The minimum atomic E-state index is -3.60. The zero-order valence-corrected chi connectivity index (χ0v) is 13.8. The van der Waals surface area contributed by atoms with Crippen LogP contribution in [0.25, 0.3) is 0 Å². The van der Waals surface area contributed by atoms with Crippen LogP contribution in [-0.2, 0) is 10.0 Å². The average molecular weight is 332 g/mol. The molecule has 2 rings (SSSR count). The fraction of sp³-hybridized carbons (Fsp3) is 0.571. The number of rotatable bonds is 5. The molecule has 1 saturated heterocycles. The third kappa shape index (κ3) is 4.32. The topological polar surface area (TPSA) is 75.4 Å². The lowest BCUT2D eigenvalue weighted by Crippen LogP contribution is -2.38. The molecule has 0 bridgehead atoms. The molecule has 0 aliphatic carbocycles. The molecule has 21 heavy (non-hydrogen) atoms. The molecule has 0 saturated carbocycles. The smallest absolute Gasteiger partial charge is 0.242 e. The normalized spacial score (nSPS) is 18.0. The second-order valence-electron chi connectivity index (χ2n) is 5.41. The van der Waals surface area contributed by atoms with Gasteiger partial charge >= 0.3 is 0 Å². The van der Waals surface area contributed by atoms with Crippen LogP contribution in [0.3, 0.4) is 0 Å². The minimum Gasteiger partial charge on any atom is -0.398 e. The van der Waals surface area contributed by atoms with Crippen LogP contribution >= 0.6 is 11.6 Å². The summed E-state index contributed by atoms with van der Waals surface area (Å²) in [6, 6.07) is 4.48. The van der Waals surface area contributed by atoms with E-state index in [0.717, 1.165) is 32.5 Å². The van der Waals surface area contributed by atoms with Gasteiger partial charge in [-0.2, -0.15) is 0 Å². The van der Waals surface area contributed by atoms with E-state index in [9.17, 15) is 8.42 Å². The van der Waals surface area contributed by atoms with Crippen LogP contribution in [0.15, 0.2) is 23.1 Å². The molecule has 1 aromatic rings. The quantitative estimate of drug-likeness (QED) is 0.808. The van der Waals surface area contributed by atoms with Crippen LogP contribution in [0.1, 0.15) is 19.8 Å². The van der Waals surface area contributed by atoms with E-state index in [-0.39, 0.29) is 10.6 Å². The molecule has 7 heteroatoms. The number of hydrogen-bond donors (Lipinski definition) is 2. The Labute approximate surface area is 131 Å². The molecule has 1 heterocycles. The molecular formula is C14H22ClN3O2S. The Morgan fingerprint density at radius 3 is 2.67 bits per heavy atom. The van der Waals surface area contributed by atoms with Gasteiger partial charge in [-0.3, -0.25) is 0 Å². The van der Waals surface area contributed by atoms with Crippen molar-refractivity contribution in [2.24, 2.45) is 5.92 Å². The van der Waals surface area contributed by atoms with Gasteiger partial charge in [-0.05, 0) is 56.6 Å². The van der Waals surface area contributed by atoms with E-state index in [1.807, 2.05) is 0 Å². The van der Waals surface area contributed by atoms with Gasteiger partial charge in [0.25, 0.3) is 0 Å². The van der Waals surface area contributed by atoms with Crippen LogP contribution in [-0.4, -0.2) is 39.5 Å². The Hall–Kier alpha value is -0.820. The van der Waals surface area contributed by atoms with Gasteiger partial charge in [0.1, 0.15) is 4.90 Å². The van der Waals surface area contributed by atoms with Crippen LogP contribution in [0.4, 0.5) is 5.69 Å². The number of piperidine rings is 1. The van der Waals surface area contributed by atoms with Gasteiger partial charge in [-0.1, -0.05) is 18.5 Å². The molecule has 0 radical (unpaired) electrons. The summed E-state index contributed by atoms with van der Waals surface area (Å²) < 4.78 is 27.3. The number of nitrogens with zero attached hydrogens (tertiary/aromatic N) is 1. The van der Waals surface area contributed by atoms with Crippen molar-refractivity contribution in [3.05, 3.63) is 23.2 Å². The molecular weight excluding hydrogens is 310 g/mol. The van der Waals surface area contributed by atoms with Crippen molar-refractivity contribution in [2.45, 2.75) is 24.7 Å². The van der Waals surface area contributed by atoms with E-state index in [4.69, 9.17) is 17.3 Å². The van der Waals surface area contributed by atoms with Crippen molar-refractivity contribution in [2.75, 3.05) is 31.9 Å². The van der Waals surface area contributed by atoms with Gasteiger partial charge in [-0.15, -0.1) is 0 Å². The Kier molecular flexibility index (Phi) is 5.48. The van der Waals surface area contributed by atoms with Gasteiger partial charge in [0.05, 0.1) is 5.69 Å². The first-order chi connectivity index (χ1) is 9.92. The number of nitrogens with one attached hydrogen (secondary N) is 1. The summed E-state index contributed by atoms with van der Waals surface area (Å²) in [7, 11) is -3.60. The van der Waals surface area contributed by atoms with Crippen molar-refractivity contribution < 1.29 is 8.42 Å². The van der Waals surface area contributed by atoms with Crippen LogP contribution in [0, 0.1) is 5.92 Å². The van der Waals surface area contributed by atoms with E-state index in [1.165, 1.54) is 12.1 Å². The van der Waals surface area contributed by atoms with E-state index in [1.54, 1.807) is 6.07 Å². The maximum Gasteiger partial charge on any atom is 0.242 e. The number of hydrogen-bond acceptors (Lipinski definition) is 4. The van der Waals surface area contributed by atoms with Crippen molar-refractivity contribution in [3.63, 3.8) is 0 Å². The fourth-order valence-corrected chi connectivity index (χ4v) is 4.06. The molecule has 5 nitrogen and oxygen atoms in total. The second kappa shape index (κ2) is 6.96. The molecule has 0 amide bonds. The van der Waals surface area contributed by atoms with Crippen LogP contribution in [0.2, 0.25) is 5.02 Å². The molecule has 0 aromatic heterocycles. The van der Waals surface area contributed by atoms with Crippen molar-refractivity contribution >= 4 is 27.3 Å². The van der Waals surface area contributed by atoms with Crippen molar-refractivity contribution in [1.29, 1.82) is 0 Å². The summed E-state index contributed by atoms with van der Waals surface area (Å²) >= 11 is 5.85. The predicted molar refractivity (Wildman–Crippen MR) is 85.9 cm³/mol. The first-order valence-electron chi connectivity index (χ1n) is 7.19. The number of nitrogens with two attached hydrogens (primary N) is 1. The van der Waals surface area contributed by atoms with Gasteiger partial charge in [0.15, 0.2) is 0 Å². The van der Waals surface area contributed by atoms with Gasteiger partial charge in [0.2, 0.25) is 10.0 Å². The number of sulfonamides is 1. The third-order valence-electron chi connectivity index (χ3n) is 3.98. The lowest BCUT2D eigenvalue weighted by molar-refractivity contribution is 0.194. The minimum absolute atomic E-state index is 0.0565. The molecule has 118 valence electrons. The maximum absolute atomic E-state index is 12.3. The summed E-state index contributed by atoms with van der Waals surface area (Å²) in [5.41, 5.74) is 5.95. The molecule has 0 unspecified atom stereocenters. The van der Waals surface area contributed by atoms with Crippen molar-refractivity contribution in [1.82, 2.24) is 9.62 Å². The summed E-state index contributed by atoms with van der Waals surface area (Å²) in [4.78, 5) is 2.43. The van der Waals surface area contributed by atoms with Crippen molar-refractivity contribution in [3.8, 4) is 0 Å². The molecule has 1 aliphatic rings. The van der Waals surface area contributed by atoms with E-state index >= 15 is 0 Å². The Bertz CT molecular complexity index is 584. The average Bonchev–Trinajstić information content (AvgIpc) is 2.48. The number of nitrogen functional groups attached to an aromatic ring is 1. The number of likely N-dealkylation sites (tertiary alicyclic amines) is 1. The summed E-state index contributed by atoms with van der Waals surface area (Å²) in [6.07, 6.45) is 2.03. The highest BCUT2D eigenvalue weighted by molar-refractivity contribution is 7.89. The highest BCUT2D eigenvalue weighted by Gasteiger charge is 2.22. The standard InChI is InChI=1S/C14H22ClN3O2S/c1-2-18-7-5-11(6-8-18)10-17-21(19,20)14-9-12(15)3-4-13(14)16/h3-4,9,11,17H,2,5-8,10,16H2,1H3. The monoisotopic (exact) mass is 331 g/mol. The third-order valence-corrected chi connectivity index (χ3v) is 5.70. The number of anilines is 1. The van der Waals surface area contributed by atoms with E-state index in [0.29, 0.717) is 17.5 Å². The first kappa shape index (κ1) is 16.5. The van der Waals surface area contributed by atoms with Crippen LogP contribution in [0.5, 0.6) is 0 Å². The molecule has 1 aromatic carbocycles. The molecule has 1 fully saturated rings. The van der Waals surface area contributed by atoms with Gasteiger partial charge in [-0.25, -0.2) is 13.1 Å². The number of halogens is 1. The molecule has 0 spiro atoms. The highest BCUT2D eigenvalue weighted by atomic mass is 35.5. The van der Waals surface area contributed by atoms with Crippen LogP contribution < -0.4 is 10.5 Å². The van der Waals surface area contributed by atoms with E-state index < -0.39 is 10.0 Å². The first-order valence-corrected chi connectivity index (χ1v) is 9.05. The molecule has 1 aliphatic heterocycles. The largest absolute Gasteiger partial charge is 0.398 e. The molecule has 3 N–H and O–H groups in total. The predicted octanol–water partition coefficient (Wildman–Crippen LogP) is 1.93. The lowest BCUT2D eigenvalue weighted by Gasteiger charge is -2.31. The SMILES string of the molecule is CCN1CCC(CNS(=O)(=O)c2cc(Cl)ccc2N)CC1. The zero-order chi connectivity index (χ0) is 15.5. The highest BCUT2D eigenvalue weighted by Crippen LogP contribution is 2.23. The Morgan fingerprint density at radius 2 is 2.05 bits per heavy atom. The Balaban J connectivity index is 1.97. The fourth-order valence-electron chi connectivity index (χ4n) is 2.55. The molecule has 0 atom stereocenters. The summed E-state index contributed by atoms with van der Waals surface area (Å²) in [5, 5.41) is 0.362. The number of benzene rings is 1. The lowest BCUT2D eigenvalue weighted by atomic mass is 9.97. The zero-order valence-electron chi connectivity index (χ0n) is 12.2.